The zero-order valence-corrected chi connectivity index (χ0v) is 16.0. The second-order valence-corrected chi connectivity index (χ2v) is 7.38. The predicted molar refractivity (Wildman–Crippen MR) is 113 cm³/mol. The van der Waals surface area contributed by atoms with Gasteiger partial charge in [-0.3, -0.25) is 14.2 Å². The van der Waals surface area contributed by atoms with Gasteiger partial charge in [0, 0.05) is 17.0 Å². The molecule has 5 rings (SSSR count). The average molecular weight is 381 g/mol. The van der Waals surface area contributed by atoms with Gasteiger partial charge in [-0.15, -0.1) is 0 Å². The molecule has 4 heteroatoms. The summed E-state index contributed by atoms with van der Waals surface area (Å²) in [6.07, 6.45) is 0.151. The molecule has 3 aromatic carbocycles. The Morgan fingerprint density at radius 2 is 1.55 bits per heavy atom. The maximum Gasteiger partial charge on any atom is 0.312 e. The smallest absolute Gasteiger partial charge is 0.312 e. The Hall–Kier alpha value is -3.66. The number of carbonyl (C=O) groups is 1. The van der Waals surface area contributed by atoms with E-state index in [2.05, 4.69) is 0 Å². The summed E-state index contributed by atoms with van der Waals surface area (Å²) in [6.45, 7) is 2.02. The van der Waals surface area contributed by atoms with Crippen LogP contribution in [0.25, 0.3) is 16.6 Å². The van der Waals surface area contributed by atoms with E-state index in [4.69, 9.17) is 4.74 Å². The lowest BCUT2D eigenvalue weighted by atomic mass is 9.86. The highest BCUT2D eigenvalue weighted by molar-refractivity contribution is 5.92. The number of esters is 1. The van der Waals surface area contributed by atoms with E-state index in [1.54, 1.807) is 4.57 Å². The van der Waals surface area contributed by atoms with Crippen LogP contribution in [0.1, 0.15) is 29.0 Å². The number of nitrogens with zero attached hydrogens (tertiary/aromatic N) is 1. The molecule has 142 valence electrons. The number of aromatic nitrogens is 1. The first-order chi connectivity index (χ1) is 14.1. The molecule has 4 nitrogen and oxygen atoms in total. The van der Waals surface area contributed by atoms with Crippen molar-refractivity contribution < 1.29 is 9.53 Å². The zero-order valence-electron chi connectivity index (χ0n) is 16.0. The van der Waals surface area contributed by atoms with Crippen LogP contribution in [-0.4, -0.2) is 10.5 Å². The number of aryl methyl sites for hydroxylation is 1. The van der Waals surface area contributed by atoms with Crippen molar-refractivity contribution >= 4 is 16.9 Å². The molecule has 1 atom stereocenters. The van der Waals surface area contributed by atoms with Crippen LogP contribution in [0.2, 0.25) is 0 Å². The summed E-state index contributed by atoms with van der Waals surface area (Å²) in [4.78, 5) is 26.2. The molecule has 29 heavy (non-hydrogen) atoms. The van der Waals surface area contributed by atoms with Crippen LogP contribution in [0.5, 0.6) is 5.75 Å². The van der Waals surface area contributed by atoms with Crippen LogP contribution in [0.4, 0.5) is 0 Å². The first-order valence-corrected chi connectivity index (χ1v) is 9.64. The van der Waals surface area contributed by atoms with Gasteiger partial charge in [-0.1, -0.05) is 60.2 Å². The van der Waals surface area contributed by atoms with Crippen molar-refractivity contribution in [3.05, 3.63) is 106 Å². The number of hydrogen-bond acceptors (Lipinski definition) is 3. The van der Waals surface area contributed by atoms with Crippen LogP contribution in [0.3, 0.4) is 0 Å². The fourth-order valence-corrected chi connectivity index (χ4v) is 4.09. The number of carbonyl (C=O) groups excluding carboxylic acids is 1. The second-order valence-electron chi connectivity index (χ2n) is 7.38. The Labute approximate surface area is 168 Å². The van der Waals surface area contributed by atoms with E-state index in [1.807, 2.05) is 85.8 Å². The standard InChI is InChI=1S/C25H19NO3/c1-16-11-13-17(14-12-16)20-15-22(27)29-24-19-9-5-6-10-21(19)26(25(28)23(20)24)18-7-3-2-4-8-18/h2-14,20H,15H2,1H3. The van der Waals surface area contributed by atoms with Crippen molar-refractivity contribution in [2.45, 2.75) is 19.3 Å². The zero-order chi connectivity index (χ0) is 20.0. The van der Waals surface area contributed by atoms with Crippen LogP contribution >= 0.6 is 0 Å². The van der Waals surface area contributed by atoms with Crippen LogP contribution < -0.4 is 10.3 Å². The SMILES string of the molecule is Cc1ccc(C2CC(=O)Oc3c2c(=O)n(-c2ccccc2)c2ccccc32)cc1. The van der Waals surface area contributed by atoms with Crippen LogP contribution in [0, 0.1) is 6.92 Å². The number of rotatable bonds is 2. The van der Waals surface area contributed by atoms with E-state index in [0.717, 1.165) is 27.7 Å². The maximum absolute atomic E-state index is 13.8. The lowest BCUT2D eigenvalue weighted by molar-refractivity contribution is -0.135. The highest BCUT2D eigenvalue weighted by Gasteiger charge is 2.34. The molecule has 0 aliphatic carbocycles. The summed E-state index contributed by atoms with van der Waals surface area (Å²) in [5.41, 5.74) is 3.97. The minimum absolute atomic E-state index is 0.150. The predicted octanol–water partition coefficient (Wildman–Crippen LogP) is 4.74. The molecule has 1 aromatic heterocycles. The Morgan fingerprint density at radius 3 is 2.31 bits per heavy atom. The molecule has 1 aliphatic rings. The third-order valence-electron chi connectivity index (χ3n) is 5.50. The summed E-state index contributed by atoms with van der Waals surface area (Å²) in [5.74, 6) is -0.261. The van der Waals surface area contributed by atoms with Gasteiger partial charge in [0.25, 0.3) is 5.56 Å². The summed E-state index contributed by atoms with van der Waals surface area (Å²) < 4.78 is 7.36. The van der Waals surface area contributed by atoms with Crippen molar-refractivity contribution in [1.82, 2.24) is 4.57 Å². The molecule has 0 saturated heterocycles. The van der Waals surface area contributed by atoms with Gasteiger partial charge in [0.2, 0.25) is 0 Å². The van der Waals surface area contributed by atoms with Gasteiger partial charge in [0.05, 0.1) is 17.5 Å². The monoisotopic (exact) mass is 381 g/mol. The molecule has 1 unspecified atom stereocenters. The van der Waals surface area contributed by atoms with Gasteiger partial charge in [-0.2, -0.15) is 0 Å². The van der Waals surface area contributed by atoms with Crippen LogP contribution in [-0.2, 0) is 4.79 Å². The number of hydrogen-bond donors (Lipinski definition) is 0. The summed E-state index contributed by atoms with van der Waals surface area (Å²) in [5, 5.41) is 0.760. The van der Waals surface area contributed by atoms with Gasteiger partial charge < -0.3 is 4.74 Å². The van der Waals surface area contributed by atoms with E-state index in [9.17, 15) is 9.59 Å². The summed E-state index contributed by atoms with van der Waals surface area (Å²) in [6, 6.07) is 25.1. The fraction of sp³-hybridized carbons (Fsp3) is 0.120. The second kappa shape index (κ2) is 6.74. The first-order valence-electron chi connectivity index (χ1n) is 9.64. The highest BCUT2D eigenvalue weighted by Crippen LogP contribution is 2.41. The average Bonchev–Trinajstić information content (AvgIpc) is 2.74. The molecule has 0 amide bonds. The van der Waals surface area contributed by atoms with Crippen molar-refractivity contribution in [3.8, 4) is 11.4 Å². The maximum atomic E-state index is 13.8. The number of ether oxygens (including phenoxy) is 1. The molecule has 0 radical (unpaired) electrons. The lowest BCUT2D eigenvalue weighted by Crippen LogP contribution is -2.32. The molecule has 0 N–H and O–H groups in total. The third-order valence-corrected chi connectivity index (χ3v) is 5.50. The quantitative estimate of drug-likeness (QED) is 0.471. The topological polar surface area (TPSA) is 48.3 Å². The Balaban J connectivity index is 1.87. The molecule has 0 bridgehead atoms. The van der Waals surface area contributed by atoms with Gasteiger partial charge in [-0.25, -0.2) is 0 Å². The van der Waals surface area contributed by atoms with E-state index in [1.165, 1.54) is 0 Å². The van der Waals surface area contributed by atoms with Crippen molar-refractivity contribution in [2.24, 2.45) is 0 Å². The largest absolute Gasteiger partial charge is 0.425 e. The van der Waals surface area contributed by atoms with E-state index in [0.29, 0.717) is 11.3 Å². The number of fused-ring (bicyclic) bond motifs is 3. The molecule has 0 spiro atoms. The lowest BCUT2D eigenvalue weighted by Gasteiger charge is -2.27. The molecule has 1 aliphatic heterocycles. The molecule has 4 aromatic rings. The minimum Gasteiger partial charge on any atom is -0.425 e. The molecular weight excluding hydrogens is 362 g/mol. The van der Waals surface area contributed by atoms with Crippen molar-refractivity contribution in [1.29, 1.82) is 0 Å². The van der Waals surface area contributed by atoms with Crippen molar-refractivity contribution in [2.75, 3.05) is 0 Å². The Morgan fingerprint density at radius 1 is 0.862 bits per heavy atom. The molecule has 0 saturated carbocycles. The number of benzene rings is 3. The van der Waals surface area contributed by atoms with Gasteiger partial charge in [0.1, 0.15) is 5.75 Å². The van der Waals surface area contributed by atoms with Gasteiger partial charge >= 0.3 is 5.97 Å². The summed E-state index contributed by atoms with van der Waals surface area (Å²) in [7, 11) is 0. The van der Waals surface area contributed by atoms with E-state index >= 15 is 0 Å². The van der Waals surface area contributed by atoms with Crippen LogP contribution in [0.15, 0.2) is 83.7 Å². The number of pyridine rings is 1. The first kappa shape index (κ1) is 17.4. The summed E-state index contributed by atoms with van der Waals surface area (Å²) >= 11 is 0. The normalized spacial score (nSPS) is 15.8. The van der Waals surface area contributed by atoms with Gasteiger partial charge in [0.15, 0.2) is 0 Å². The Kier molecular flexibility index (Phi) is 4.06. The minimum atomic E-state index is -0.334. The van der Waals surface area contributed by atoms with Gasteiger partial charge in [-0.05, 0) is 36.8 Å². The Bertz CT molecular complexity index is 1290. The van der Waals surface area contributed by atoms with E-state index in [-0.39, 0.29) is 23.9 Å². The highest BCUT2D eigenvalue weighted by atomic mass is 16.5. The molecule has 2 heterocycles. The molecular formula is C25H19NO3. The number of para-hydroxylation sites is 2. The van der Waals surface area contributed by atoms with E-state index < -0.39 is 0 Å². The van der Waals surface area contributed by atoms with Crippen molar-refractivity contribution in [3.63, 3.8) is 0 Å². The third kappa shape index (κ3) is 2.85. The molecule has 0 fully saturated rings. The fourth-order valence-electron chi connectivity index (χ4n) is 4.09.